The molecule has 2 aromatic heterocycles. The van der Waals surface area contributed by atoms with Gasteiger partial charge >= 0.3 is 0 Å². The summed E-state index contributed by atoms with van der Waals surface area (Å²) >= 11 is 1.57. The van der Waals surface area contributed by atoms with E-state index < -0.39 is 0 Å². The second-order valence-electron chi connectivity index (χ2n) is 6.97. The molecule has 0 fully saturated rings. The van der Waals surface area contributed by atoms with E-state index in [0.717, 1.165) is 34.7 Å². The number of hydrogen-bond acceptors (Lipinski definition) is 4. The Bertz CT molecular complexity index is 884. The first-order chi connectivity index (χ1) is 11.9. The van der Waals surface area contributed by atoms with Crippen LogP contribution in [-0.2, 0) is 0 Å². The average Bonchev–Trinajstić information content (AvgIpc) is 2.96. The lowest BCUT2D eigenvalue weighted by molar-refractivity contribution is 0.634. The molecule has 1 aromatic carbocycles. The van der Waals surface area contributed by atoms with E-state index in [9.17, 15) is 0 Å². The van der Waals surface area contributed by atoms with Crippen molar-refractivity contribution in [1.82, 2.24) is 9.36 Å². The zero-order valence-electron chi connectivity index (χ0n) is 16.0. The Morgan fingerprint density at radius 1 is 1.00 bits per heavy atom. The molecule has 0 aliphatic rings. The lowest BCUT2D eigenvalue weighted by Crippen LogP contribution is -2.01. The summed E-state index contributed by atoms with van der Waals surface area (Å²) in [7, 11) is 0. The first kappa shape index (κ1) is 17.9. The van der Waals surface area contributed by atoms with Crippen molar-refractivity contribution in [3.05, 3.63) is 46.3 Å². The zero-order chi connectivity index (χ0) is 18.1. The van der Waals surface area contributed by atoms with Crippen molar-refractivity contribution in [3.63, 3.8) is 0 Å². The molecule has 3 nitrogen and oxygen atoms in total. The van der Waals surface area contributed by atoms with Crippen LogP contribution in [0, 0.1) is 27.7 Å². The van der Waals surface area contributed by atoms with Crippen molar-refractivity contribution in [1.29, 1.82) is 0 Å². The van der Waals surface area contributed by atoms with Gasteiger partial charge < -0.3 is 5.32 Å². The highest BCUT2D eigenvalue weighted by molar-refractivity contribution is 7.14. The molecule has 0 saturated heterocycles. The molecule has 0 aliphatic heterocycles. The van der Waals surface area contributed by atoms with Crippen molar-refractivity contribution in [3.8, 4) is 0 Å². The monoisotopic (exact) mass is 353 g/mol. The summed E-state index contributed by atoms with van der Waals surface area (Å²) in [4.78, 5) is 4.78. The number of anilines is 2. The molecule has 2 heterocycles. The molecule has 0 spiro atoms. The van der Waals surface area contributed by atoms with E-state index in [0.29, 0.717) is 5.92 Å². The number of benzene rings is 1. The number of rotatable bonds is 5. The van der Waals surface area contributed by atoms with Gasteiger partial charge in [-0.1, -0.05) is 31.5 Å². The van der Waals surface area contributed by atoms with Gasteiger partial charge in [0, 0.05) is 22.7 Å². The van der Waals surface area contributed by atoms with Crippen molar-refractivity contribution in [2.75, 3.05) is 5.32 Å². The SMILES string of the molecule is CCC(CC)c1nsc2c(Nc3c(C)cc(C)cc3C)nc(C)cc12. The number of nitrogens with one attached hydrogen (secondary N) is 1. The molecular weight excluding hydrogens is 326 g/mol. The Hall–Kier alpha value is -1.94. The Labute approximate surface area is 154 Å². The highest BCUT2D eigenvalue weighted by atomic mass is 32.1. The van der Waals surface area contributed by atoms with Crippen LogP contribution in [0.1, 0.15) is 60.7 Å². The number of fused-ring (bicyclic) bond motifs is 1. The summed E-state index contributed by atoms with van der Waals surface area (Å²) in [5, 5.41) is 4.86. The summed E-state index contributed by atoms with van der Waals surface area (Å²) in [5.74, 6) is 1.45. The zero-order valence-corrected chi connectivity index (χ0v) is 16.8. The standard InChI is InChI=1S/C21H27N3S/c1-7-16(8-2)19-17-11-15(6)22-21(20(17)25-24-19)23-18-13(4)9-12(3)10-14(18)5/h9-11,16H,7-8H2,1-6H3,(H,22,23). The third kappa shape index (κ3) is 3.40. The van der Waals surface area contributed by atoms with E-state index in [1.807, 2.05) is 0 Å². The fraction of sp³-hybridized carbons (Fsp3) is 0.429. The normalized spacial score (nSPS) is 11.5. The maximum atomic E-state index is 4.80. The van der Waals surface area contributed by atoms with Gasteiger partial charge in [-0.3, -0.25) is 0 Å². The maximum absolute atomic E-state index is 4.80. The molecule has 132 valence electrons. The van der Waals surface area contributed by atoms with Gasteiger partial charge in [0.1, 0.15) is 5.82 Å². The molecular formula is C21H27N3S. The highest BCUT2D eigenvalue weighted by Crippen LogP contribution is 2.37. The second-order valence-corrected chi connectivity index (χ2v) is 7.74. The van der Waals surface area contributed by atoms with Gasteiger partial charge in [-0.25, -0.2) is 4.98 Å². The molecule has 4 heteroatoms. The van der Waals surface area contributed by atoms with Gasteiger partial charge in [-0.05, 0) is 69.3 Å². The summed E-state index contributed by atoms with van der Waals surface area (Å²) in [6, 6.07) is 6.61. The van der Waals surface area contributed by atoms with Crippen LogP contribution in [0.2, 0.25) is 0 Å². The lowest BCUT2D eigenvalue weighted by Gasteiger charge is -2.15. The predicted molar refractivity (Wildman–Crippen MR) is 109 cm³/mol. The molecule has 0 radical (unpaired) electrons. The summed E-state index contributed by atoms with van der Waals surface area (Å²) < 4.78 is 5.96. The fourth-order valence-corrected chi connectivity index (χ4v) is 4.52. The van der Waals surface area contributed by atoms with Gasteiger partial charge in [-0.2, -0.15) is 4.37 Å². The van der Waals surface area contributed by atoms with Crippen LogP contribution in [0.4, 0.5) is 11.5 Å². The van der Waals surface area contributed by atoms with Crippen molar-refractivity contribution in [2.45, 2.75) is 60.3 Å². The van der Waals surface area contributed by atoms with Crippen LogP contribution in [0.25, 0.3) is 10.1 Å². The Morgan fingerprint density at radius 3 is 2.24 bits per heavy atom. The Morgan fingerprint density at radius 2 is 1.64 bits per heavy atom. The summed E-state index contributed by atoms with van der Waals surface area (Å²) in [6.45, 7) is 13.0. The second kappa shape index (κ2) is 7.12. The van der Waals surface area contributed by atoms with E-state index in [1.165, 1.54) is 27.8 Å². The predicted octanol–water partition coefficient (Wildman–Crippen LogP) is 6.57. The number of pyridine rings is 1. The van der Waals surface area contributed by atoms with Crippen LogP contribution < -0.4 is 5.32 Å². The van der Waals surface area contributed by atoms with Crippen molar-refractivity contribution in [2.24, 2.45) is 0 Å². The Balaban J connectivity index is 2.12. The summed E-state index contributed by atoms with van der Waals surface area (Å²) in [5.41, 5.74) is 7.21. The average molecular weight is 354 g/mol. The minimum absolute atomic E-state index is 0.520. The van der Waals surface area contributed by atoms with Crippen molar-refractivity contribution >= 4 is 33.1 Å². The van der Waals surface area contributed by atoms with E-state index in [4.69, 9.17) is 9.36 Å². The van der Waals surface area contributed by atoms with Gasteiger partial charge in [0.25, 0.3) is 0 Å². The molecule has 1 N–H and O–H groups in total. The van der Waals surface area contributed by atoms with E-state index in [1.54, 1.807) is 11.5 Å². The third-order valence-corrected chi connectivity index (χ3v) is 5.79. The van der Waals surface area contributed by atoms with Gasteiger partial charge in [0.15, 0.2) is 0 Å². The fourth-order valence-electron chi connectivity index (χ4n) is 3.64. The smallest absolute Gasteiger partial charge is 0.150 e. The molecule has 0 saturated carbocycles. The van der Waals surface area contributed by atoms with Gasteiger partial charge in [0.05, 0.1) is 10.4 Å². The molecule has 0 aliphatic carbocycles. The quantitative estimate of drug-likeness (QED) is 0.563. The summed E-state index contributed by atoms with van der Waals surface area (Å²) in [6.07, 6.45) is 2.24. The maximum Gasteiger partial charge on any atom is 0.150 e. The Kier molecular flexibility index (Phi) is 5.09. The topological polar surface area (TPSA) is 37.8 Å². The minimum Gasteiger partial charge on any atom is -0.339 e. The highest BCUT2D eigenvalue weighted by Gasteiger charge is 2.18. The number of hydrogen-bond donors (Lipinski definition) is 1. The molecule has 0 unspecified atom stereocenters. The van der Waals surface area contributed by atoms with Crippen LogP contribution in [0.15, 0.2) is 18.2 Å². The number of aromatic nitrogens is 2. The van der Waals surface area contributed by atoms with Crippen LogP contribution in [0.5, 0.6) is 0 Å². The molecule has 3 aromatic rings. The molecule has 0 bridgehead atoms. The van der Waals surface area contributed by atoms with Crippen LogP contribution in [0.3, 0.4) is 0 Å². The van der Waals surface area contributed by atoms with E-state index >= 15 is 0 Å². The largest absolute Gasteiger partial charge is 0.339 e. The van der Waals surface area contributed by atoms with Gasteiger partial charge in [-0.15, -0.1) is 0 Å². The lowest BCUT2D eigenvalue weighted by atomic mass is 9.97. The molecule has 0 amide bonds. The molecule has 0 atom stereocenters. The van der Waals surface area contributed by atoms with E-state index in [-0.39, 0.29) is 0 Å². The van der Waals surface area contributed by atoms with Gasteiger partial charge in [0.2, 0.25) is 0 Å². The molecule has 3 rings (SSSR count). The van der Waals surface area contributed by atoms with Crippen LogP contribution in [-0.4, -0.2) is 9.36 Å². The first-order valence-electron chi connectivity index (χ1n) is 9.06. The number of aryl methyl sites for hydroxylation is 4. The number of nitrogens with zero attached hydrogens (tertiary/aromatic N) is 2. The minimum atomic E-state index is 0.520. The molecule has 25 heavy (non-hydrogen) atoms. The van der Waals surface area contributed by atoms with E-state index in [2.05, 4.69) is 65.1 Å². The first-order valence-corrected chi connectivity index (χ1v) is 9.83. The van der Waals surface area contributed by atoms with Crippen molar-refractivity contribution < 1.29 is 0 Å². The van der Waals surface area contributed by atoms with Crippen LogP contribution >= 0.6 is 11.5 Å². The third-order valence-electron chi connectivity index (χ3n) is 4.91.